The Labute approximate surface area is 233 Å². The predicted molar refractivity (Wildman–Crippen MR) is 159 cm³/mol. The molecule has 5 aromatic rings. The van der Waals surface area contributed by atoms with Crippen LogP contribution >= 0.6 is 12.2 Å². The molecule has 3 N–H and O–H groups in total. The van der Waals surface area contributed by atoms with Crippen LogP contribution in [0.5, 0.6) is 0 Å². The smallest absolute Gasteiger partial charge is 0.327 e. The number of nitrogens with one attached hydrogen (secondary N) is 2. The number of aliphatic carboxylic acids is 1. The maximum Gasteiger partial charge on any atom is 0.327 e. The molecule has 39 heavy (non-hydrogen) atoms. The Balaban J connectivity index is 1.19. The van der Waals surface area contributed by atoms with Crippen molar-refractivity contribution in [2.75, 3.05) is 16.2 Å². The number of carbonyl (C=O) groups is 1. The molecular formula is C29H26N3O5S2-. The molecular weight excluding hydrogens is 534 g/mol. The summed E-state index contributed by atoms with van der Waals surface area (Å²) in [6.45, 7) is 0.513. The predicted octanol–water partition coefficient (Wildman–Crippen LogP) is 5.95. The fraction of sp³-hybridized carbons (Fsp3) is 0.172. The molecule has 0 aliphatic heterocycles. The average molecular weight is 561 g/mol. The Morgan fingerprint density at radius 2 is 1.69 bits per heavy atom. The number of furan rings is 1. The van der Waals surface area contributed by atoms with Crippen LogP contribution in [-0.4, -0.2) is 37.5 Å². The molecule has 0 saturated heterocycles. The minimum Gasteiger partial charge on any atom is -0.755 e. The minimum absolute atomic E-state index is 0.139. The maximum absolute atomic E-state index is 12.2. The molecule has 0 spiro atoms. The van der Waals surface area contributed by atoms with E-state index in [-0.39, 0.29) is 12.1 Å². The number of thiocarbonyl (C=S) groups is 1. The van der Waals surface area contributed by atoms with Crippen molar-refractivity contribution in [3.63, 3.8) is 0 Å². The fourth-order valence-corrected chi connectivity index (χ4v) is 5.58. The Kier molecular flexibility index (Phi) is 8.06. The van der Waals surface area contributed by atoms with Gasteiger partial charge in [-0.2, -0.15) is 0 Å². The maximum atomic E-state index is 12.2. The molecule has 1 aromatic heterocycles. The van der Waals surface area contributed by atoms with E-state index in [2.05, 4.69) is 10.6 Å². The van der Waals surface area contributed by atoms with Gasteiger partial charge in [-0.3, -0.25) is 8.51 Å². The van der Waals surface area contributed by atoms with E-state index in [0.29, 0.717) is 35.7 Å². The zero-order valence-corrected chi connectivity index (χ0v) is 22.5. The molecule has 0 aliphatic rings. The third kappa shape index (κ3) is 6.03. The Morgan fingerprint density at radius 1 is 0.949 bits per heavy atom. The molecule has 2 unspecified atom stereocenters. The second-order valence-electron chi connectivity index (χ2n) is 9.11. The van der Waals surface area contributed by atoms with Crippen LogP contribution in [0, 0.1) is 0 Å². The first-order chi connectivity index (χ1) is 18.9. The van der Waals surface area contributed by atoms with Gasteiger partial charge < -0.3 is 24.7 Å². The number of rotatable bonds is 10. The van der Waals surface area contributed by atoms with Crippen LogP contribution < -0.4 is 14.9 Å². The van der Waals surface area contributed by atoms with E-state index in [1.54, 1.807) is 18.2 Å². The average Bonchev–Trinajstić information content (AvgIpc) is 3.30. The lowest BCUT2D eigenvalue weighted by Gasteiger charge is -2.32. The number of hydrogen-bond acceptors (Lipinski definition) is 5. The summed E-state index contributed by atoms with van der Waals surface area (Å²) >= 11 is 2.60. The summed E-state index contributed by atoms with van der Waals surface area (Å²) in [6.07, 6.45) is 1.22. The lowest BCUT2D eigenvalue weighted by molar-refractivity contribution is -0.138. The Hall–Kier alpha value is -3.99. The number of carboxylic acids is 1. The zero-order valence-electron chi connectivity index (χ0n) is 20.8. The van der Waals surface area contributed by atoms with Gasteiger partial charge in [-0.15, -0.1) is 0 Å². The molecule has 0 saturated carbocycles. The van der Waals surface area contributed by atoms with E-state index in [1.165, 1.54) is 0 Å². The lowest BCUT2D eigenvalue weighted by Crippen LogP contribution is -2.42. The molecule has 8 nitrogen and oxygen atoms in total. The van der Waals surface area contributed by atoms with Crippen molar-refractivity contribution >= 4 is 78.7 Å². The summed E-state index contributed by atoms with van der Waals surface area (Å²) in [7, 11) is 0. The second-order valence-corrected chi connectivity index (χ2v) is 10.4. The number of para-hydroxylation sites is 1. The number of carboxylic acid groups (broad SMARTS) is 1. The number of benzene rings is 4. The van der Waals surface area contributed by atoms with Crippen LogP contribution in [0.1, 0.15) is 19.3 Å². The van der Waals surface area contributed by atoms with Crippen LogP contribution in [0.4, 0.5) is 11.4 Å². The highest BCUT2D eigenvalue weighted by Gasteiger charge is 2.27. The van der Waals surface area contributed by atoms with Gasteiger partial charge in [-0.1, -0.05) is 48.5 Å². The summed E-state index contributed by atoms with van der Waals surface area (Å²) in [6, 6.07) is 25.1. The topological polar surface area (TPSA) is 118 Å². The van der Waals surface area contributed by atoms with Crippen LogP contribution in [0.3, 0.4) is 0 Å². The number of fused-ring (bicyclic) bond motifs is 4. The quantitative estimate of drug-likeness (QED) is 0.109. The van der Waals surface area contributed by atoms with Gasteiger partial charge in [0.1, 0.15) is 17.2 Å². The highest BCUT2D eigenvalue weighted by Crippen LogP contribution is 2.33. The van der Waals surface area contributed by atoms with Gasteiger partial charge >= 0.3 is 5.97 Å². The highest BCUT2D eigenvalue weighted by atomic mass is 32.2. The monoisotopic (exact) mass is 560 g/mol. The highest BCUT2D eigenvalue weighted by molar-refractivity contribution is 7.80. The van der Waals surface area contributed by atoms with Gasteiger partial charge in [0, 0.05) is 34.3 Å². The van der Waals surface area contributed by atoms with Gasteiger partial charge in [-0.25, -0.2) is 4.79 Å². The van der Waals surface area contributed by atoms with Crippen LogP contribution in [-0.2, 0) is 16.1 Å². The normalized spacial score (nSPS) is 12.8. The molecule has 0 amide bonds. The Morgan fingerprint density at radius 3 is 2.49 bits per heavy atom. The molecule has 0 aliphatic carbocycles. The van der Waals surface area contributed by atoms with E-state index < -0.39 is 23.3 Å². The molecule has 5 rings (SSSR count). The van der Waals surface area contributed by atoms with E-state index in [1.807, 2.05) is 66.7 Å². The van der Waals surface area contributed by atoms with Crippen LogP contribution in [0.25, 0.3) is 32.7 Å². The van der Waals surface area contributed by atoms with Crippen molar-refractivity contribution in [3.05, 3.63) is 84.9 Å². The molecule has 2 atom stereocenters. The fourth-order valence-electron chi connectivity index (χ4n) is 4.67. The minimum atomic E-state index is -2.79. The summed E-state index contributed by atoms with van der Waals surface area (Å²) in [5.74, 6) is -1.21. The molecule has 0 radical (unpaired) electrons. The van der Waals surface area contributed by atoms with Crippen LogP contribution in [0.2, 0.25) is 0 Å². The Bertz CT molecular complexity index is 1690. The summed E-state index contributed by atoms with van der Waals surface area (Å²) in [5.41, 5.74) is 2.42. The molecule has 1 heterocycles. The molecule has 10 heteroatoms. The molecule has 200 valence electrons. The third-order valence-electron chi connectivity index (χ3n) is 6.54. The van der Waals surface area contributed by atoms with Gasteiger partial charge in [0.2, 0.25) is 0 Å². The van der Waals surface area contributed by atoms with Crippen molar-refractivity contribution in [1.82, 2.24) is 5.32 Å². The van der Waals surface area contributed by atoms with Crippen molar-refractivity contribution in [2.24, 2.45) is 0 Å². The molecule has 0 fully saturated rings. The molecule has 0 bridgehead atoms. The number of hydrogen-bond donors (Lipinski definition) is 3. The first kappa shape index (κ1) is 26.6. The van der Waals surface area contributed by atoms with Crippen LogP contribution in [0.15, 0.2) is 89.3 Å². The summed E-state index contributed by atoms with van der Waals surface area (Å²) in [5, 5.41) is 20.4. The van der Waals surface area contributed by atoms with E-state index in [4.69, 9.17) is 16.6 Å². The standard InChI is InChI=1S/C29H27N3O5S2/c33-28(34)25(10-5-6-16-30-29(38)31-21-13-12-19-7-1-2-8-20(19)17-21)32(39(35)36)22-14-15-27-24(18-22)23-9-3-4-11-26(23)37-27/h1-4,7-9,11-15,17-18,25H,5-6,10,16H2,(H,33,34)(H,35,36)(H2,30,31,38)/p-1. The van der Waals surface area contributed by atoms with E-state index in [0.717, 1.165) is 31.5 Å². The zero-order chi connectivity index (χ0) is 27.4. The van der Waals surface area contributed by atoms with Gasteiger partial charge in [0.15, 0.2) is 5.11 Å². The largest absolute Gasteiger partial charge is 0.755 e. The van der Waals surface area contributed by atoms with Gasteiger partial charge in [0.25, 0.3) is 0 Å². The van der Waals surface area contributed by atoms with E-state index >= 15 is 0 Å². The second kappa shape index (κ2) is 11.8. The number of unbranched alkanes of at least 4 members (excludes halogenated alkanes) is 1. The first-order valence-electron chi connectivity index (χ1n) is 12.5. The van der Waals surface area contributed by atoms with Gasteiger partial charge in [0.05, 0.1) is 5.69 Å². The number of nitrogens with zero attached hydrogens (tertiary/aromatic N) is 1. The molecule has 4 aromatic carbocycles. The summed E-state index contributed by atoms with van der Waals surface area (Å²) < 4.78 is 31.2. The van der Waals surface area contributed by atoms with Crippen molar-refractivity contribution in [2.45, 2.75) is 25.3 Å². The lowest BCUT2D eigenvalue weighted by atomic mass is 10.1. The van der Waals surface area contributed by atoms with E-state index in [9.17, 15) is 18.7 Å². The number of anilines is 2. The van der Waals surface area contributed by atoms with Crippen molar-refractivity contribution in [3.8, 4) is 0 Å². The van der Waals surface area contributed by atoms with Gasteiger partial charge in [-0.05, 0) is 78.7 Å². The summed E-state index contributed by atoms with van der Waals surface area (Å²) in [4.78, 5) is 12.1. The SMILES string of the molecule is O=C(O)C(CCCCNC(=S)Nc1ccc2ccccc2c1)N(c1ccc2oc3ccccc3c2c1)S(=O)[O-]. The van der Waals surface area contributed by atoms with Crippen molar-refractivity contribution < 1.29 is 23.1 Å². The van der Waals surface area contributed by atoms with Crippen molar-refractivity contribution in [1.29, 1.82) is 0 Å². The third-order valence-corrected chi connectivity index (χ3v) is 7.57. The first-order valence-corrected chi connectivity index (χ1v) is 13.9.